The molecule has 3 heterocycles. The van der Waals surface area contributed by atoms with Crippen LogP contribution in [-0.2, 0) is 55.3 Å². The maximum Gasteiger partial charge on any atom is 0.422 e. The molecule has 1 saturated carbocycles. The summed E-state index contributed by atoms with van der Waals surface area (Å²) in [4.78, 5) is 59.2. The lowest BCUT2D eigenvalue weighted by Crippen LogP contribution is -2.69. The van der Waals surface area contributed by atoms with Gasteiger partial charge in [0.05, 0.1) is 13.2 Å². The number of nitrogens with zero attached hydrogens (tertiary/aromatic N) is 1. The molecule has 3 saturated heterocycles. The van der Waals surface area contributed by atoms with Crippen LogP contribution < -0.4 is 10.6 Å². The number of carbonyl (C=O) groups is 4. The van der Waals surface area contributed by atoms with Crippen molar-refractivity contribution in [3.05, 3.63) is 113 Å². The van der Waals surface area contributed by atoms with Crippen LogP contribution in [0.25, 0.3) is 6.08 Å². The number of aliphatic hydroxyl groups is 1. The van der Waals surface area contributed by atoms with Crippen molar-refractivity contribution in [3.8, 4) is 0 Å². The first-order valence-electron chi connectivity index (χ1n) is 17.7. The van der Waals surface area contributed by atoms with Gasteiger partial charge in [0.25, 0.3) is 0 Å². The maximum atomic E-state index is 14.5. The van der Waals surface area contributed by atoms with E-state index in [2.05, 4.69) is 15.4 Å². The van der Waals surface area contributed by atoms with Gasteiger partial charge in [-0.15, -0.1) is 0 Å². The lowest BCUT2D eigenvalue weighted by atomic mass is 9.62. The fraction of sp³-hybridized carbons (Fsp3) is 0.385. The number of ether oxygens (including phenoxy) is 4. The van der Waals surface area contributed by atoms with Crippen LogP contribution in [0.4, 0.5) is 13.2 Å². The van der Waals surface area contributed by atoms with Crippen molar-refractivity contribution in [3.63, 3.8) is 0 Å². The molecule has 55 heavy (non-hydrogen) atoms. The van der Waals surface area contributed by atoms with Gasteiger partial charge in [-0.3, -0.25) is 19.2 Å². The second-order valence-electron chi connectivity index (χ2n) is 13.6. The summed E-state index contributed by atoms with van der Waals surface area (Å²) in [5.74, 6) is -4.21. The van der Waals surface area contributed by atoms with Crippen molar-refractivity contribution in [2.24, 2.45) is 5.41 Å². The molecule has 16 heteroatoms. The van der Waals surface area contributed by atoms with Gasteiger partial charge in [-0.2, -0.15) is 18.2 Å². The number of benzene rings is 3. The van der Waals surface area contributed by atoms with Crippen molar-refractivity contribution < 1.29 is 61.2 Å². The SMILES string of the molecule is O=C(CCNC(=O)C12CC3OC(=O)C1N(Cc1ccc(C=CC(=O)OCC(F)(F)F)cc1)OC2C1OC(c2ccccc2)(c2ccccc2)OC31)NCCO. The molecule has 7 rings (SSSR count). The van der Waals surface area contributed by atoms with E-state index in [-0.39, 0.29) is 45.0 Å². The summed E-state index contributed by atoms with van der Waals surface area (Å²) in [7, 11) is 0. The third-order valence-electron chi connectivity index (χ3n) is 10.1. The van der Waals surface area contributed by atoms with Crippen LogP contribution in [0.15, 0.2) is 91.0 Å². The first kappa shape index (κ1) is 38.2. The Labute approximate surface area is 313 Å². The highest BCUT2D eigenvalue weighted by atomic mass is 19.4. The summed E-state index contributed by atoms with van der Waals surface area (Å²) in [5.41, 5.74) is 0.940. The van der Waals surface area contributed by atoms with Crippen LogP contribution in [0.5, 0.6) is 0 Å². The van der Waals surface area contributed by atoms with E-state index in [0.29, 0.717) is 22.3 Å². The van der Waals surface area contributed by atoms with E-state index in [1.165, 1.54) is 11.1 Å². The first-order chi connectivity index (χ1) is 26.4. The zero-order valence-corrected chi connectivity index (χ0v) is 29.3. The van der Waals surface area contributed by atoms with Crippen LogP contribution in [0.3, 0.4) is 0 Å². The Morgan fingerprint density at radius 1 is 0.909 bits per heavy atom. The lowest BCUT2D eigenvalue weighted by molar-refractivity contribution is -0.213. The highest BCUT2D eigenvalue weighted by Gasteiger charge is 2.76. The molecule has 4 fully saturated rings. The molecule has 6 unspecified atom stereocenters. The monoisotopic (exact) mass is 765 g/mol. The number of rotatable bonds is 13. The average Bonchev–Trinajstić information content (AvgIpc) is 3.76. The van der Waals surface area contributed by atoms with E-state index in [4.69, 9.17) is 24.2 Å². The molecule has 2 amide bonds. The van der Waals surface area contributed by atoms with Gasteiger partial charge < -0.3 is 34.7 Å². The summed E-state index contributed by atoms with van der Waals surface area (Å²) < 4.78 is 61.2. The van der Waals surface area contributed by atoms with Crippen molar-refractivity contribution in [2.75, 3.05) is 26.3 Å². The number of nitrogens with one attached hydrogen (secondary N) is 2. The van der Waals surface area contributed by atoms with Gasteiger partial charge in [-0.05, 0) is 17.2 Å². The van der Waals surface area contributed by atoms with Gasteiger partial charge in [0.15, 0.2) is 12.6 Å². The molecule has 0 radical (unpaired) electrons. The minimum absolute atomic E-state index is 0.00208. The Morgan fingerprint density at radius 3 is 2.20 bits per heavy atom. The second-order valence-corrected chi connectivity index (χ2v) is 13.6. The van der Waals surface area contributed by atoms with Crippen molar-refractivity contribution in [2.45, 2.75) is 61.8 Å². The van der Waals surface area contributed by atoms with Crippen LogP contribution in [0.1, 0.15) is 35.1 Å². The predicted molar refractivity (Wildman–Crippen MR) is 185 cm³/mol. The van der Waals surface area contributed by atoms with Crippen molar-refractivity contribution >= 4 is 29.8 Å². The summed E-state index contributed by atoms with van der Waals surface area (Å²) in [6.45, 7) is -1.93. The first-order valence-corrected chi connectivity index (χ1v) is 17.7. The summed E-state index contributed by atoms with van der Waals surface area (Å²) >= 11 is 0. The van der Waals surface area contributed by atoms with Crippen molar-refractivity contribution in [1.82, 2.24) is 15.7 Å². The number of halogens is 3. The van der Waals surface area contributed by atoms with Gasteiger partial charge in [0, 0.05) is 43.1 Å². The molecule has 4 aliphatic rings. The summed E-state index contributed by atoms with van der Waals surface area (Å²) in [6.07, 6.45) is -6.20. The predicted octanol–water partition coefficient (Wildman–Crippen LogP) is 2.91. The number of hydrogen-bond acceptors (Lipinski definition) is 11. The van der Waals surface area contributed by atoms with Crippen LogP contribution in [-0.4, -0.2) is 96.9 Å². The standard InChI is InChI=1S/C39H38F3N3O10/c40-38(41,42)23-51-30(48)16-15-24-11-13-25(14-12-24)22-45-33-35(49)52-28-21-37(33,36(50)44-18-17-29(47)43-19-20-46)34(55-45)32-31(28)53-39(54-32,26-7-3-1-4-8-26)27-9-5-2-6-10-27/h1-16,28,31-34,46H,17-23H2,(H,43,47)(H,44,50). The van der Waals surface area contributed by atoms with Crippen LogP contribution in [0, 0.1) is 5.41 Å². The molecule has 0 spiro atoms. The molecule has 13 nitrogen and oxygen atoms in total. The van der Waals surface area contributed by atoms with Gasteiger partial charge in [-0.25, -0.2) is 4.79 Å². The topological polar surface area (TPSA) is 162 Å². The lowest BCUT2D eigenvalue weighted by Gasteiger charge is -2.48. The number of fused-ring (bicyclic) bond motifs is 4. The number of carbonyl (C=O) groups excluding carboxylic acids is 4. The smallest absolute Gasteiger partial charge is 0.422 e. The zero-order valence-electron chi connectivity index (χ0n) is 29.3. The molecule has 3 N–H and O–H groups in total. The van der Waals surface area contributed by atoms with Gasteiger partial charge in [-0.1, -0.05) is 84.9 Å². The zero-order chi connectivity index (χ0) is 38.8. The fourth-order valence-corrected chi connectivity index (χ4v) is 7.71. The normalized spacial score (nSPS) is 26.6. The highest BCUT2D eigenvalue weighted by Crippen LogP contribution is 2.59. The number of esters is 2. The van der Waals surface area contributed by atoms with E-state index in [0.717, 1.165) is 6.08 Å². The number of hydroxylamine groups is 2. The quantitative estimate of drug-likeness (QED) is 0.173. The summed E-state index contributed by atoms with van der Waals surface area (Å²) in [6, 6.07) is 23.9. The van der Waals surface area contributed by atoms with Crippen LogP contribution in [0.2, 0.25) is 0 Å². The van der Waals surface area contributed by atoms with E-state index >= 15 is 0 Å². The van der Waals surface area contributed by atoms with Gasteiger partial charge in [0.1, 0.15) is 29.8 Å². The Balaban J connectivity index is 1.18. The Hall–Kier alpha value is -5.13. The molecule has 0 aromatic heterocycles. The molecule has 2 bridgehead atoms. The highest BCUT2D eigenvalue weighted by molar-refractivity contribution is 5.94. The average molecular weight is 766 g/mol. The van der Waals surface area contributed by atoms with Gasteiger partial charge >= 0.3 is 18.1 Å². The Morgan fingerprint density at radius 2 is 1.56 bits per heavy atom. The van der Waals surface area contributed by atoms with Crippen LogP contribution >= 0.6 is 0 Å². The van der Waals surface area contributed by atoms with E-state index in [1.54, 1.807) is 24.3 Å². The fourth-order valence-electron chi connectivity index (χ4n) is 7.71. The summed E-state index contributed by atoms with van der Waals surface area (Å²) in [5, 5.41) is 15.8. The maximum absolute atomic E-state index is 14.5. The molecule has 6 atom stereocenters. The van der Waals surface area contributed by atoms with Crippen molar-refractivity contribution in [1.29, 1.82) is 0 Å². The number of aliphatic hydroxyl groups excluding tert-OH is 1. The third-order valence-corrected chi connectivity index (χ3v) is 10.1. The third kappa shape index (κ3) is 7.60. The molecule has 1 aliphatic carbocycles. The Bertz CT molecular complexity index is 1870. The minimum Gasteiger partial charge on any atom is -0.458 e. The van der Waals surface area contributed by atoms with Gasteiger partial charge in [0.2, 0.25) is 17.6 Å². The number of alkyl halides is 3. The molecular weight excluding hydrogens is 727 g/mol. The Kier molecular flexibility index (Phi) is 10.8. The molecule has 290 valence electrons. The number of hydrogen-bond donors (Lipinski definition) is 3. The second kappa shape index (κ2) is 15.5. The number of amides is 2. The minimum atomic E-state index is -4.65. The molecule has 3 aromatic carbocycles. The van der Waals surface area contributed by atoms with E-state index < -0.39 is 72.3 Å². The van der Waals surface area contributed by atoms with E-state index in [1.807, 2.05) is 60.7 Å². The van der Waals surface area contributed by atoms with E-state index in [9.17, 15) is 32.3 Å². The molecule has 3 aromatic rings. The molecule has 3 aliphatic heterocycles. The molecular formula is C39H38F3N3O10. The largest absolute Gasteiger partial charge is 0.458 e.